The quantitative estimate of drug-likeness (QED) is 0.0925. The van der Waals surface area contributed by atoms with Crippen LogP contribution < -0.4 is 20.1 Å². The van der Waals surface area contributed by atoms with Gasteiger partial charge in [-0.05, 0) is 48.2 Å². The number of carboxylic acids is 2. The van der Waals surface area contributed by atoms with Gasteiger partial charge in [-0.1, -0.05) is 52.0 Å². The van der Waals surface area contributed by atoms with Crippen molar-refractivity contribution >= 4 is 11.9 Å². The van der Waals surface area contributed by atoms with Crippen LogP contribution in [0.1, 0.15) is 38.8 Å². The number of rotatable bonds is 21. The number of aliphatic hydroxyl groups is 4. The molecule has 48 heavy (non-hydrogen) atoms. The van der Waals surface area contributed by atoms with Crippen molar-refractivity contribution in [3.05, 3.63) is 59.7 Å². The minimum atomic E-state index is -2.27. The van der Waals surface area contributed by atoms with E-state index in [1.54, 1.807) is 14.2 Å². The van der Waals surface area contributed by atoms with E-state index in [0.717, 1.165) is 37.6 Å². The average molecular weight is 685 g/mol. The first-order valence-electron chi connectivity index (χ1n) is 15.8. The van der Waals surface area contributed by atoms with Gasteiger partial charge in [0, 0.05) is 39.4 Å². The number of nitrogens with one attached hydrogen (secondary N) is 2. The van der Waals surface area contributed by atoms with Crippen LogP contribution in [0.25, 0.3) is 0 Å². The summed E-state index contributed by atoms with van der Waals surface area (Å²) < 4.78 is 21.1. The van der Waals surface area contributed by atoms with Gasteiger partial charge < -0.3 is 60.2 Å². The van der Waals surface area contributed by atoms with Crippen molar-refractivity contribution < 1.29 is 59.2 Å². The summed E-state index contributed by atoms with van der Waals surface area (Å²) in [5, 5.41) is 58.3. The van der Waals surface area contributed by atoms with Crippen molar-refractivity contribution in [1.82, 2.24) is 10.6 Å². The maximum absolute atomic E-state index is 9.77. The molecule has 0 saturated carbocycles. The third kappa shape index (κ3) is 23.1. The van der Waals surface area contributed by atoms with Gasteiger partial charge in [0.1, 0.15) is 36.9 Å². The normalized spacial score (nSPS) is 13.3. The van der Waals surface area contributed by atoms with Crippen LogP contribution in [0, 0.1) is 0 Å². The van der Waals surface area contributed by atoms with Crippen molar-refractivity contribution in [2.75, 3.05) is 53.7 Å². The van der Waals surface area contributed by atoms with E-state index >= 15 is 0 Å². The van der Waals surface area contributed by atoms with Gasteiger partial charge in [0.25, 0.3) is 0 Å². The highest BCUT2D eigenvalue weighted by Crippen LogP contribution is 2.14. The number of hydrogen-bond donors (Lipinski definition) is 8. The summed E-state index contributed by atoms with van der Waals surface area (Å²) in [6, 6.07) is 16.5. The standard InChI is InChI=1S/2C15H25NO3.C4H6O6/c2*1-12(2)16-10-14(17)11-19-15-6-4-13(5-7-15)8-9-18-3;5-1(3(7)8)2(6)4(9)10/h2*4-7,12,14,16-17H,8-11H2,1-3H3;1-2,5-6H,(H,7,8)(H,9,10)/t;;1-,2?/m..1/s1. The molecule has 0 aromatic heterocycles. The van der Waals surface area contributed by atoms with Crippen LogP contribution >= 0.6 is 0 Å². The Balaban J connectivity index is 0.000000727. The lowest BCUT2D eigenvalue weighted by molar-refractivity contribution is -0.165. The zero-order valence-corrected chi connectivity index (χ0v) is 28.9. The number of carbonyl (C=O) groups is 2. The predicted molar refractivity (Wildman–Crippen MR) is 181 cm³/mol. The van der Waals surface area contributed by atoms with Crippen molar-refractivity contribution in [1.29, 1.82) is 0 Å². The molecular weight excluding hydrogens is 628 g/mol. The van der Waals surface area contributed by atoms with Gasteiger partial charge in [0.2, 0.25) is 0 Å². The molecular formula is C34H56N2O12. The number of aliphatic carboxylic acids is 2. The molecule has 2 aromatic carbocycles. The van der Waals surface area contributed by atoms with Gasteiger partial charge >= 0.3 is 11.9 Å². The van der Waals surface area contributed by atoms with Gasteiger partial charge in [-0.15, -0.1) is 0 Å². The number of benzene rings is 2. The largest absolute Gasteiger partial charge is 0.491 e. The Labute approximate surface area is 283 Å². The Kier molecular flexibility index (Phi) is 24.7. The molecule has 0 heterocycles. The Morgan fingerprint density at radius 3 is 1.17 bits per heavy atom. The minimum absolute atomic E-state index is 0.303. The fraction of sp³-hybridized carbons (Fsp3) is 0.588. The lowest BCUT2D eigenvalue weighted by Crippen LogP contribution is -2.39. The van der Waals surface area contributed by atoms with Gasteiger partial charge in [0.05, 0.1) is 13.2 Å². The smallest absolute Gasteiger partial charge is 0.335 e. The highest BCUT2D eigenvalue weighted by molar-refractivity contribution is 5.83. The Morgan fingerprint density at radius 2 is 0.917 bits per heavy atom. The molecule has 0 radical (unpaired) electrons. The molecule has 2 aromatic rings. The van der Waals surface area contributed by atoms with Crippen LogP contribution in [-0.4, -0.2) is 133 Å². The predicted octanol–water partition coefficient (Wildman–Crippen LogP) is 1.10. The lowest BCUT2D eigenvalue weighted by Gasteiger charge is -2.15. The van der Waals surface area contributed by atoms with Crippen LogP contribution in [0.15, 0.2) is 48.5 Å². The summed E-state index contributed by atoms with van der Waals surface area (Å²) >= 11 is 0. The molecule has 0 amide bonds. The van der Waals surface area contributed by atoms with Gasteiger partial charge in [-0.25, -0.2) is 9.59 Å². The van der Waals surface area contributed by atoms with E-state index < -0.39 is 36.4 Å². The summed E-state index contributed by atoms with van der Waals surface area (Å²) in [6.45, 7) is 11.3. The van der Waals surface area contributed by atoms with E-state index in [4.69, 9.17) is 39.4 Å². The second-order valence-electron chi connectivity index (χ2n) is 11.4. The van der Waals surface area contributed by atoms with E-state index in [2.05, 4.69) is 10.6 Å². The van der Waals surface area contributed by atoms with E-state index in [9.17, 15) is 19.8 Å². The first-order chi connectivity index (χ1) is 22.7. The molecule has 0 aliphatic carbocycles. The summed E-state index contributed by atoms with van der Waals surface area (Å²) in [4.78, 5) is 19.5. The van der Waals surface area contributed by atoms with E-state index in [1.807, 2.05) is 76.2 Å². The number of aliphatic hydroxyl groups excluding tert-OH is 4. The molecule has 2 rings (SSSR count). The molecule has 3 unspecified atom stereocenters. The minimum Gasteiger partial charge on any atom is -0.491 e. The SMILES string of the molecule is COCCc1ccc(OCC(O)CNC(C)C)cc1.COCCc1ccc(OCC(O)CNC(C)C)cc1.O=C(O)C(O)[C@@H](O)C(=O)O. The molecule has 0 aliphatic heterocycles. The molecule has 274 valence electrons. The number of hydrogen-bond acceptors (Lipinski definition) is 12. The molecule has 0 aliphatic rings. The van der Waals surface area contributed by atoms with Crippen molar-refractivity contribution in [2.24, 2.45) is 0 Å². The highest BCUT2D eigenvalue weighted by Gasteiger charge is 2.29. The van der Waals surface area contributed by atoms with Crippen molar-refractivity contribution in [3.63, 3.8) is 0 Å². The van der Waals surface area contributed by atoms with Gasteiger partial charge in [0.15, 0.2) is 12.2 Å². The van der Waals surface area contributed by atoms with Gasteiger partial charge in [-0.2, -0.15) is 0 Å². The molecule has 0 fully saturated rings. The van der Waals surface area contributed by atoms with E-state index in [-0.39, 0.29) is 0 Å². The van der Waals surface area contributed by atoms with E-state index in [1.165, 1.54) is 11.1 Å². The fourth-order valence-electron chi connectivity index (χ4n) is 3.46. The maximum Gasteiger partial charge on any atom is 0.335 e. The Hall–Kier alpha value is -3.34. The fourth-order valence-corrected chi connectivity index (χ4v) is 3.46. The lowest BCUT2D eigenvalue weighted by atomic mass is 10.1. The zero-order valence-electron chi connectivity index (χ0n) is 28.9. The summed E-state index contributed by atoms with van der Waals surface area (Å²) in [5.74, 6) is -1.97. The van der Waals surface area contributed by atoms with Crippen LogP contribution in [-0.2, 0) is 31.9 Å². The topological polar surface area (TPSA) is 216 Å². The summed E-state index contributed by atoms with van der Waals surface area (Å²) in [5.41, 5.74) is 2.44. The summed E-state index contributed by atoms with van der Waals surface area (Å²) in [7, 11) is 3.40. The molecule has 4 atom stereocenters. The maximum atomic E-state index is 9.77. The summed E-state index contributed by atoms with van der Waals surface area (Å²) in [6.07, 6.45) is -3.71. The Morgan fingerprint density at radius 1 is 0.604 bits per heavy atom. The molecule has 14 nitrogen and oxygen atoms in total. The molecule has 0 saturated heterocycles. The first-order valence-corrected chi connectivity index (χ1v) is 15.8. The number of methoxy groups -OCH3 is 2. The Bertz CT molecular complexity index is 1010. The van der Waals surface area contributed by atoms with Crippen molar-refractivity contribution in [2.45, 2.75) is 77.0 Å². The monoisotopic (exact) mass is 684 g/mol. The highest BCUT2D eigenvalue weighted by atomic mass is 16.5. The number of carboxylic acid groups (broad SMARTS) is 2. The zero-order chi connectivity index (χ0) is 36.5. The second-order valence-corrected chi connectivity index (χ2v) is 11.4. The molecule has 0 bridgehead atoms. The van der Waals surface area contributed by atoms with Gasteiger partial charge in [-0.3, -0.25) is 0 Å². The average Bonchev–Trinajstić information content (AvgIpc) is 3.06. The van der Waals surface area contributed by atoms with Crippen LogP contribution in [0.4, 0.5) is 0 Å². The third-order valence-corrected chi connectivity index (χ3v) is 6.25. The van der Waals surface area contributed by atoms with E-state index in [0.29, 0.717) is 38.4 Å². The second kappa shape index (κ2) is 26.6. The van der Waals surface area contributed by atoms with Crippen LogP contribution in [0.2, 0.25) is 0 Å². The third-order valence-electron chi connectivity index (χ3n) is 6.25. The van der Waals surface area contributed by atoms with Crippen LogP contribution in [0.5, 0.6) is 11.5 Å². The first kappa shape index (κ1) is 44.7. The van der Waals surface area contributed by atoms with Crippen molar-refractivity contribution in [3.8, 4) is 11.5 Å². The number of ether oxygens (including phenoxy) is 4. The molecule has 0 spiro atoms. The molecule has 8 N–H and O–H groups in total. The van der Waals surface area contributed by atoms with Crippen LogP contribution in [0.3, 0.4) is 0 Å². The molecule has 14 heteroatoms.